The zero-order valence-corrected chi connectivity index (χ0v) is 12.6. The van der Waals surface area contributed by atoms with Gasteiger partial charge in [0.1, 0.15) is 6.61 Å². The number of carbonyl (C=O) groups excluding carboxylic acids is 1. The zero-order valence-electron chi connectivity index (χ0n) is 11.0. The maximum absolute atomic E-state index is 11.3. The molecule has 0 aliphatic carbocycles. The summed E-state index contributed by atoms with van der Waals surface area (Å²) < 4.78 is 48.3. The first kappa shape index (κ1) is 18.1. The molecular formula is C10H18O7S2. The summed E-state index contributed by atoms with van der Waals surface area (Å²) in [5, 5.41) is 9.54. The number of hydrogen-bond acceptors (Lipinski definition) is 7. The summed E-state index contributed by atoms with van der Waals surface area (Å²) in [5.74, 6) is -0.741. The van der Waals surface area contributed by atoms with Gasteiger partial charge in [-0.05, 0) is 6.92 Å². The van der Waals surface area contributed by atoms with Gasteiger partial charge in [0.2, 0.25) is 0 Å². The second kappa shape index (κ2) is 6.49. The quantitative estimate of drug-likeness (QED) is 0.486. The molecule has 112 valence electrons. The van der Waals surface area contributed by atoms with Crippen LogP contribution in [0.3, 0.4) is 0 Å². The second-order valence-electron chi connectivity index (χ2n) is 4.36. The molecule has 0 heterocycles. The number of rotatable bonds is 7. The van der Waals surface area contributed by atoms with Crippen LogP contribution < -0.4 is 0 Å². The third-order valence-corrected chi connectivity index (χ3v) is 6.57. The fourth-order valence-electron chi connectivity index (χ4n) is 1.25. The number of aliphatic hydroxyl groups excluding tert-OH is 1. The molecule has 0 bridgehead atoms. The number of esters is 1. The molecule has 0 fully saturated rings. The van der Waals surface area contributed by atoms with Gasteiger partial charge in [0.05, 0.1) is 6.10 Å². The van der Waals surface area contributed by atoms with E-state index in [-0.39, 0.29) is 5.57 Å². The summed E-state index contributed by atoms with van der Waals surface area (Å²) in [4.78, 5) is 11.1. The van der Waals surface area contributed by atoms with Crippen LogP contribution in [-0.4, -0.2) is 57.7 Å². The average molecular weight is 314 g/mol. The number of sulfone groups is 2. The fourth-order valence-corrected chi connectivity index (χ4v) is 4.94. The van der Waals surface area contributed by atoms with Crippen molar-refractivity contribution in [3.8, 4) is 0 Å². The van der Waals surface area contributed by atoms with Gasteiger partial charge in [-0.2, -0.15) is 0 Å². The molecule has 0 aromatic rings. The molecule has 0 aliphatic rings. The lowest BCUT2D eigenvalue weighted by Gasteiger charge is -2.17. The van der Waals surface area contributed by atoms with Crippen molar-refractivity contribution in [1.82, 2.24) is 0 Å². The zero-order chi connectivity index (χ0) is 15.4. The molecule has 1 atom stereocenters. The van der Waals surface area contributed by atoms with Crippen molar-refractivity contribution in [2.75, 3.05) is 19.1 Å². The molecule has 0 rings (SSSR count). The average Bonchev–Trinajstić information content (AvgIpc) is 2.18. The van der Waals surface area contributed by atoms with Crippen molar-refractivity contribution in [2.24, 2.45) is 0 Å². The molecule has 0 radical (unpaired) electrons. The van der Waals surface area contributed by atoms with Crippen LogP contribution in [0, 0.1) is 0 Å². The summed E-state index contributed by atoms with van der Waals surface area (Å²) in [6.07, 6.45) is -0.407. The minimum Gasteiger partial charge on any atom is -0.460 e. The van der Waals surface area contributed by atoms with Gasteiger partial charge < -0.3 is 9.84 Å². The highest BCUT2D eigenvalue weighted by Crippen LogP contribution is 2.14. The predicted molar refractivity (Wildman–Crippen MR) is 69.9 cm³/mol. The van der Waals surface area contributed by atoms with Crippen molar-refractivity contribution >= 4 is 25.6 Å². The van der Waals surface area contributed by atoms with E-state index in [2.05, 4.69) is 11.3 Å². The normalized spacial score (nSPS) is 14.2. The summed E-state index contributed by atoms with van der Waals surface area (Å²) in [5.41, 5.74) is 0.120. The third kappa shape index (κ3) is 6.69. The molecule has 9 heteroatoms. The van der Waals surface area contributed by atoms with E-state index in [9.17, 15) is 26.7 Å². The number of hydrogen-bond donors (Lipinski definition) is 1. The Hall–Kier alpha value is -0.930. The molecule has 0 aliphatic heterocycles. The van der Waals surface area contributed by atoms with E-state index in [1.165, 1.54) is 6.92 Å². The molecule has 0 amide bonds. The van der Waals surface area contributed by atoms with Gasteiger partial charge in [-0.15, -0.1) is 0 Å². The molecule has 1 N–H and O–H groups in total. The van der Waals surface area contributed by atoms with Crippen molar-refractivity contribution in [2.45, 2.75) is 24.0 Å². The van der Waals surface area contributed by atoms with Crippen molar-refractivity contribution in [1.29, 1.82) is 0 Å². The highest BCUT2D eigenvalue weighted by Gasteiger charge is 2.33. The number of carbonyl (C=O) groups is 1. The molecule has 7 nitrogen and oxygen atoms in total. The summed E-state index contributed by atoms with van der Waals surface area (Å²) in [6.45, 7) is 4.24. The molecule has 1 unspecified atom stereocenters. The molecule has 0 aromatic carbocycles. The van der Waals surface area contributed by atoms with Crippen LogP contribution in [0.25, 0.3) is 0 Å². The highest BCUT2D eigenvalue weighted by molar-refractivity contribution is 8.08. The lowest BCUT2D eigenvalue weighted by molar-refractivity contribution is -0.141. The lowest BCUT2D eigenvalue weighted by atomic mass is 10.3. The van der Waals surface area contributed by atoms with Gasteiger partial charge in [-0.25, -0.2) is 21.6 Å². The Kier molecular flexibility index (Phi) is 6.17. The van der Waals surface area contributed by atoms with E-state index in [1.54, 1.807) is 0 Å². The van der Waals surface area contributed by atoms with Gasteiger partial charge in [0.25, 0.3) is 0 Å². The van der Waals surface area contributed by atoms with Crippen LogP contribution in [0.2, 0.25) is 0 Å². The van der Waals surface area contributed by atoms with Gasteiger partial charge in [0, 0.05) is 24.5 Å². The second-order valence-corrected chi connectivity index (χ2v) is 9.11. The van der Waals surface area contributed by atoms with Gasteiger partial charge in [-0.3, -0.25) is 0 Å². The minimum absolute atomic E-state index is 0.120. The van der Waals surface area contributed by atoms with E-state index in [1.807, 2.05) is 0 Å². The van der Waals surface area contributed by atoms with Crippen LogP contribution in [0.1, 0.15) is 13.3 Å². The van der Waals surface area contributed by atoms with E-state index in [0.29, 0.717) is 0 Å². The Morgan fingerprint density at radius 2 is 1.63 bits per heavy atom. The lowest BCUT2D eigenvalue weighted by Crippen LogP contribution is -2.34. The van der Waals surface area contributed by atoms with Crippen molar-refractivity contribution in [3.63, 3.8) is 0 Å². The maximum atomic E-state index is 11.3. The third-order valence-electron chi connectivity index (χ3n) is 2.17. The largest absolute Gasteiger partial charge is 0.460 e. The van der Waals surface area contributed by atoms with E-state index in [0.717, 1.165) is 12.5 Å². The summed E-state index contributed by atoms with van der Waals surface area (Å²) in [7, 11) is -7.76. The standard InChI is InChI=1S/C10H18O7S2/c1-7(2)10(12)17-6-8(11)5-9(18(3,13)14)19(4,15)16/h8-9,11H,1,5-6H2,2-4H3. The topological polar surface area (TPSA) is 115 Å². The number of ether oxygens (including phenoxy) is 1. The molecule has 0 saturated carbocycles. The molecule has 0 aromatic heterocycles. The molecule has 0 saturated heterocycles. The minimum atomic E-state index is -3.88. The fraction of sp³-hybridized carbons (Fsp3) is 0.700. The van der Waals surface area contributed by atoms with E-state index >= 15 is 0 Å². The first-order chi connectivity index (χ1) is 8.35. The van der Waals surface area contributed by atoms with Crippen LogP contribution in [0.15, 0.2) is 12.2 Å². The van der Waals surface area contributed by atoms with Crippen LogP contribution in [0.4, 0.5) is 0 Å². The molecule has 19 heavy (non-hydrogen) atoms. The Balaban J connectivity index is 4.73. The smallest absolute Gasteiger partial charge is 0.333 e. The van der Waals surface area contributed by atoms with Crippen molar-refractivity contribution in [3.05, 3.63) is 12.2 Å². The Labute approximate surface area is 113 Å². The Morgan fingerprint density at radius 1 is 1.21 bits per heavy atom. The first-order valence-electron chi connectivity index (χ1n) is 5.24. The summed E-state index contributed by atoms with van der Waals surface area (Å²) >= 11 is 0. The van der Waals surface area contributed by atoms with Gasteiger partial charge >= 0.3 is 5.97 Å². The number of aliphatic hydroxyl groups is 1. The van der Waals surface area contributed by atoms with Crippen LogP contribution >= 0.6 is 0 Å². The molecular weight excluding hydrogens is 296 g/mol. The van der Waals surface area contributed by atoms with Gasteiger partial charge in [0.15, 0.2) is 24.3 Å². The van der Waals surface area contributed by atoms with Crippen LogP contribution in [-0.2, 0) is 29.2 Å². The Morgan fingerprint density at radius 3 is 1.95 bits per heavy atom. The van der Waals surface area contributed by atoms with E-state index < -0.39 is 49.4 Å². The highest BCUT2D eigenvalue weighted by atomic mass is 32.3. The predicted octanol–water partition coefficient (Wildman–Crippen LogP) is -0.728. The summed E-state index contributed by atoms with van der Waals surface area (Å²) in [6, 6.07) is 0. The SMILES string of the molecule is C=C(C)C(=O)OCC(O)CC(S(C)(=O)=O)S(C)(=O)=O. The maximum Gasteiger partial charge on any atom is 0.333 e. The first-order valence-corrected chi connectivity index (χ1v) is 9.15. The monoisotopic (exact) mass is 314 g/mol. The van der Waals surface area contributed by atoms with Gasteiger partial charge in [-0.1, -0.05) is 6.58 Å². The Bertz CT molecular complexity index is 512. The molecule has 0 spiro atoms. The van der Waals surface area contributed by atoms with E-state index in [4.69, 9.17) is 0 Å². The van der Waals surface area contributed by atoms with Crippen molar-refractivity contribution < 1.29 is 31.5 Å². The van der Waals surface area contributed by atoms with Crippen LogP contribution in [0.5, 0.6) is 0 Å².